The average molecular weight is 666 g/mol. The molecule has 4 nitrogen and oxygen atoms in total. The van der Waals surface area contributed by atoms with Crippen molar-refractivity contribution >= 4 is 45.7 Å². The summed E-state index contributed by atoms with van der Waals surface area (Å²) in [5.74, 6) is 3.74. The van der Waals surface area contributed by atoms with Crippen molar-refractivity contribution in [3.05, 3.63) is 82.4 Å². The van der Waals surface area contributed by atoms with Gasteiger partial charge < -0.3 is 5.11 Å². The van der Waals surface area contributed by atoms with E-state index in [9.17, 15) is 5.11 Å². The first kappa shape index (κ1) is 29.7. The summed E-state index contributed by atoms with van der Waals surface area (Å²) in [5, 5.41) is 13.5. The van der Waals surface area contributed by atoms with E-state index in [1.54, 1.807) is 0 Å². The first-order valence-electron chi connectivity index (χ1n) is 18.1. The predicted molar refractivity (Wildman–Crippen MR) is 188 cm³/mol. The Morgan fingerprint density at radius 1 is 0.915 bits per heavy atom. The van der Waals surface area contributed by atoms with Crippen LogP contribution in [0.3, 0.4) is 0 Å². The number of benzene rings is 3. The number of aliphatic hydroxyl groups excluding tert-OH is 1. The summed E-state index contributed by atoms with van der Waals surface area (Å²) in [7, 11) is 0. The number of Topliss-reactive ketones (excluding diaryl/α,β-unsaturated/α-hetero) is 2. The fraction of sp³-hybridized carbons (Fsp3) is 0.561. The maximum Gasteiger partial charge on any atom is 0.189 e. The van der Waals surface area contributed by atoms with Crippen LogP contribution in [0, 0.1) is 39.9 Å². The van der Waals surface area contributed by atoms with Crippen LogP contribution >= 0.6 is 23.4 Å². The molecule has 244 valence electrons. The van der Waals surface area contributed by atoms with Gasteiger partial charge in [-0.3, -0.25) is 14.5 Å². The van der Waals surface area contributed by atoms with Gasteiger partial charge in [-0.15, -0.1) is 11.8 Å². The number of fused-ring (bicyclic) bond motifs is 9. The van der Waals surface area contributed by atoms with E-state index in [-0.39, 0.29) is 35.2 Å². The van der Waals surface area contributed by atoms with Gasteiger partial charge >= 0.3 is 0 Å². The van der Waals surface area contributed by atoms with Crippen molar-refractivity contribution < 1.29 is 14.7 Å². The van der Waals surface area contributed by atoms with Crippen LogP contribution < -0.4 is 0 Å². The van der Waals surface area contributed by atoms with Crippen molar-refractivity contribution in [3.63, 3.8) is 0 Å². The topological polar surface area (TPSA) is 57.6 Å². The van der Waals surface area contributed by atoms with Crippen LogP contribution in [0.2, 0.25) is 5.02 Å². The summed E-state index contributed by atoms with van der Waals surface area (Å²) in [5.41, 5.74) is 0.651. The third kappa shape index (κ3) is 3.32. The van der Waals surface area contributed by atoms with Crippen LogP contribution in [0.15, 0.2) is 60.7 Å². The first-order chi connectivity index (χ1) is 22.7. The van der Waals surface area contributed by atoms with Crippen molar-refractivity contribution in [2.75, 3.05) is 11.6 Å². The van der Waals surface area contributed by atoms with Crippen molar-refractivity contribution in [2.24, 2.45) is 39.9 Å². The molecule has 11 atom stereocenters. The molecule has 1 N–H and O–H groups in total. The number of carbonyl (C=O) groups is 2. The van der Waals surface area contributed by atoms with E-state index in [4.69, 9.17) is 11.6 Å². The molecule has 0 unspecified atom stereocenters. The second-order valence-corrected chi connectivity index (χ2v) is 18.2. The zero-order chi connectivity index (χ0) is 32.1. The second kappa shape index (κ2) is 9.74. The quantitative estimate of drug-likeness (QED) is 0.282. The lowest BCUT2D eigenvalue weighted by atomic mass is 9.45. The van der Waals surface area contributed by atoms with Crippen LogP contribution in [0.4, 0.5) is 0 Å². The molecular formula is C41H44ClNO3S. The first-order valence-corrected chi connectivity index (χ1v) is 19.6. The Bertz CT molecular complexity index is 1870. The molecule has 0 amide bonds. The fourth-order valence-corrected chi connectivity index (χ4v) is 15.3. The maximum atomic E-state index is 16.2. The number of hydrogen-bond donors (Lipinski definition) is 1. The van der Waals surface area contributed by atoms with Crippen LogP contribution in [0.1, 0.15) is 92.6 Å². The predicted octanol–water partition coefficient (Wildman–Crippen LogP) is 8.63. The van der Waals surface area contributed by atoms with E-state index in [0.29, 0.717) is 28.6 Å². The van der Waals surface area contributed by atoms with Crippen molar-refractivity contribution in [2.45, 2.75) is 88.8 Å². The normalized spacial score (nSPS) is 45.1. The Kier molecular flexibility index (Phi) is 6.16. The Morgan fingerprint density at radius 3 is 2.55 bits per heavy atom. The van der Waals surface area contributed by atoms with Gasteiger partial charge in [0.25, 0.3) is 0 Å². The minimum absolute atomic E-state index is 0.0463. The van der Waals surface area contributed by atoms with Crippen LogP contribution in [0.5, 0.6) is 0 Å². The second-order valence-electron chi connectivity index (χ2n) is 16.8. The minimum atomic E-state index is -1.04. The van der Waals surface area contributed by atoms with Gasteiger partial charge in [-0.25, -0.2) is 0 Å². The van der Waals surface area contributed by atoms with Crippen LogP contribution in [-0.4, -0.2) is 45.3 Å². The Labute approximate surface area is 287 Å². The Balaban J connectivity index is 1.22. The number of halogens is 1. The summed E-state index contributed by atoms with van der Waals surface area (Å²) >= 11 is 9.07. The van der Waals surface area contributed by atoms with E-state index in [2.05, 4.69) is 55.1 Å². The zero-order valence-corrected chi connectivity index (χ0v) is 29.0. The molecule has 4 saturated carbocycles. The molecule has 10 rings (SSSR count). The molecule has 6 fully saturated rings. The lowest BCUT2D eigenvalue weighted by molar-refractivity contribution is -0.146. The van der Waals surface area contributed by atoms with E-state index in [1.165, 1.54) is 0 Å². The summed E-state index contributed by atoms with van der Waals surface area (Å²) in [6.45, 7) is 4.82. The van der Waals surface area contributed by atoms with Crippen molar-refractivity contribution in [1.82, 2.24) is 4.90 Å². The molecule has 2 spiro atoms. The summed E-state index contributed by atoms with van der Waals surface area (Å²) < 4.78 is 0. The fourth-order valence-electron chi connectivity index (χ4n) is 13.7. The van der Waals surface area contributed by atoms with Gasteiger partial charge in [-0.05, 0) is 108 Å². The van der Waals surface area contributed by atoms with Crippen molar-refractivity contribution in [3.8, 4) is 0 Å². The molecule has 47 heavy (non-hydrogen) atoms. The highest BCUT2D eigenvalue weighted by molar-refractivity contribution is 7.99. The molecular weight excluding hydrogens is 622 g/mol. The van der Waals surface area contributed by atoms with Gasteiger partial charge in [-0.1, -0.05) is 80.0 Å². The Hall–Kier alpha value is -2.18. The number of ketones is 2. The molecule has 5 aliphatic carbocycles. The van der Waals surface area contributed by atoms with Gasteiger partial charge in [0.15, 0.2) is 5.78 Å². The lowest BCUT2D eigenvalue weighted by Crippen LogP contribution is -2.58. The molecule has 2 heterocycles. The summed E-state index contributed by atoms with van der Waals surface area (Å²) in [6.07, 6.45) is 7.69. The maximum absolute atomic E-state index is 16.2. The third-order valence-electron chi connectivity index (χ3n) is 15.5. The van der Waals surface area contributed by atoms with Gasteiger partial charge in [0, 0.05) is 39.6 Å². The number of carbonyl (C=O) groups excluding carboxylic acids is 2. The SMILES string of the molecule is C[C@]12CC[C@H](O)C[C@@H]1CC[C@@H]1[C@@H]2CC[C@]2(C)C(=O)[C@]3(C[C@@H]12)[C@@H](c1ccccc1Cl)[C@@H]1CSCN1[C@@]31C(=O)c2cccc3cccc1c23. The molecule has 3 aromatic rings. The number of aliphatic hydroxyl groups is 1. The number of rotatable bonds is 1. The largest absolute Gasteiger partial charge is 0.393 e. The number of nitrogens with zero attached hydrogens (tertiary/aromatic N) is 1. The smallest absolute Gasteiger partial charge is 0.189 e. The molecule has 2 saturated heterocycles. The summed E-state index contributed by atoms with van der Waals surface area (Å²) in [4.78, 5) is 34.3. The third-order valence-corrected chi connectivity index (χ3v) is 16.9. The molecule has 7 aliphatic rings. The number of hydrogen-bond acceptors (Lipinski definition) is 5. The van der Waals surface area contributed by atoms with Gasteiger partial charge in [-0.2, -0.15) is 0 Å². The van der Waals surface area contributed by atoms with Gasteiger partial charge in [0.05, 0.1) is 11.5 Å². The van der Waals surface area contributed by atoms with E-state index in [0.717, 1.165) is 90.5 Å². The summed E-state index contributed by atoms with van der Waals surface area (Å²) in [6, 6.07) is 20.8. The zero-order valence-electron chi connectivity index (χ0n) is 27.4. The standard InChI is InChI=1S/C41H44ClNO3S/c1-38-17-15-25(44)19-24(38)13-14-26-29(38)16-18-39(2)31(26)20-40(37(39)46)35(27-9-3-4-12-32(27)42)33-21-47-22-43(33)41(40)30-11-6-8-23-7-5-10-28(34(23)30)36(41)45/h3-12,24-26,29,31,33,35,44H,13-22H2,1-2H3/t24-,25-,26+,29-,31-,33-,35-,38-,39-,40-,41-/m0/s1. The van der Waals surface area contributed by atoms with E-state index in [1.807, 2.05) is 36.0 Å². The number of thioether (sulfide) groups is 1. The molecule has 0 aromatic heterocycles. The monoisotopic (exact) mass is 665 g/mol. The highest BCUT2D eigenvalue weighted by Crippen LogP contribution is 2.78. The van der Waals surface area contributed by atoms with Crippen LogP contribution in [-0.2, 0) is 10.3 Å². The van der Waals surface area contributed by atoms with Gasteiger partial charge in [0.2, 0.25) is 0 Å². The van der Waals surface area contributed by atoms with Crippen LogP contribution in [0.25, 0.3) is 10.8 Å². The molecule has 2 aliphatic heterocycles. The van der Waals surface area contributed by atoms with E-state index >= 15 is 9.59 Å². The molecule has 0 radical (unpaired) electrons. The van der Waals surface area contributed by atoms with Crippen molar-refractivity contribution in [1.29, 1.82) is 0 Å². The van der Waals surface area contributed by atoms with Gasteiger partial charge in [0.1, 0.15) is 11.3 Å². The molecule has 0 bridgehead atoms. The lowest BCUT2D eigenvalue weighted by Gasteiger charge is -2.60. The highest BCUT2D eigenvalue weighted by Gasteiger charge is 2.82. The Morgan fingerprint density at radius 2 is 1.72 bits per heavy atom. The highest BCUT2D eigenvalue weighted by atomic mass is 35.5. The minimum Gasteiger partial charge on any atom is -0.393 e. The average Bonchev–Trinajstić information content (AvgIpc) is 3.77. The molecule has 3 aromatic carbocycles. The molecule has 6 heteroatoms. The van der Waals surface area contributed by atoms with E-state index < -0.39 is 16.4 Å².